The van der Waals surface area contributed by atoms with Gasteiger partial charge in [-0.25, -0.2) is 0 Å². The van der Waals surface area contributed by atoms with Crippen LogP contribution in [0, 0.1) is 3.57 Å². The maximum absolute atomic E-state index is 4.30. The molecule has 4 nitrogen and oxygen atoms in total. The summed E-state index contributed by atoms with van der Waals surface area (Å²) in [5, 5.41) is 7.72. The average molecular weight is 420 g/mol. The van der Waals surface area contributed by atoms with E-state index in [0.29, 0.717) is 6.04 Å². The van der Waals surface area contributed by atoms with Gasteiger partial charge in [-0.15, -0.1) is 0 Å². The zero-order chi connectivity index (χ0) is 16.1. The van der Waals surface area contributed by atoms with Crippen molar-refractivity contribution in [3.63, 3.8) is 0 Å². The Morgan fingerprint density at radius 2 is 1.91 bits per heavy atom. The maximum atomic E-state index is 4.30. The largest absolute Gasteiger partial charge is 0.366 e. The van der Waals surface area contributed by atoms with Gasteiger partial charge in [0.2, 0.25) is 0 Å². The number of rotatable bonds is 4. The van der Waals surface area contributed by atoms with E-state index < -0.39 is 0 Å². The first-order valence-corrected chi connectivity index (χ1v) is 8.92. The summed E-state index contributed by atoms with van der Waals surface area (Å²) in [6.07, 6.45) is 1.85. The smallest absolute Gasteiger partial charge is 0.0562 e. The van der Waals surface area contributed by atoms with E-state index in [-0.39, 0.29) is 0 Å². The van der Waals surface area contributed by atoms with Crippen molar-refractivity contribution < 1.29 is 0 Å². The van der Waals surface area contributed by atoms with Crippen molar-refractivity contribution in [3.05, 3.63) is 57.7 Å². The average Bonchev–Trinajstić information content (AvgIpc) is 2.58. The van der Waals surface area contributed by atoms with Gasteiger partial charge in [0.1, 0.15) is 0 Å². The van der Waals surface area contributed by atoms with Crippen LogP contribution in [0.5, 0.6) is 0 Å². The quantitative estimate of drug-likeness (QED) is 0.452. The lowest BCUT2D eigenvalue weighted by molar-refractivity contribution is 0.501. The summed E-state index contributed by atoms with van der Waals surface area (Å²) >= 11 is 2.29. The molecule has 3 rings (SSSR count). The molecule has 1 aliphatic rings. The highest BCUT2D eigenvalue weighted by Gasteiger charge is 2.17. The Hall–Kier alpha value is -1.60. The maximum Gasteiger partial charge on any atom is 0.0562 e. The topological polar surface area (TPSA) is 39.7 Å². The third kappa shape index (κ3) is 4.45. The molecule has 1 fully saturated rings. The summed E-state index contributed by atoms with van der Waals surface area (Å²) < 4.78 is 1.22. The van der Waals surface area contributed by atoms with Gasteiger partial charge in [0.25, 0.3) is 0 Å². The first kappa shape index (κ1) is 16.3. The first-order valence-electron chi connectivity index (χ1n) is 7.84. The van der Waals surface area contributed by atoms with Crippen LogP contribution in [0.1, 0.15) is 12.5 Å². The van der Waals surface area contributed by atoms with E-state index in [0.717, 1.165) is 30.9 Å². The Kier molecular flexibility index (Phi) is 5.51. The molecule has 0 aromatic heterocycles. The lowest BCUT2D eigenvalue weighted by Gasteiger charge is -2.35. The molecule has 1 saturated heterocycles. The molecule has 0 spiro atoms. The molecule has 5 heteroatoms. The standard InChI is InChI=1S/C18H21IN4/c1-14-12-20-10-11-23(14)18-8-2-15(3-9-18)13-21-22-17-6-4-16(19)5-7-17/h2-9,13-14,20,22H,10-12H2,1H3/b21-13+. The molecular formula is C18H21IN4. The molecule has 120 valence electrons. The minimum Gasteiger partial charge on any atom is -0.366 e. The molecule has 0 radical (unpaired) electrons. The predicted octanol–water partition coefficient (Wildman–Crippen LogP) is 3.54. The monoisotopic (exact) mass is 420 g/mol. The summed E-state index contributed by atoms with van der Waals surface area (Å²) in [7, 11) is 0. The molecular weight excluding hydrogens is 399 g/mol. The molecule has 2 aromatic rings. The summed E-state index contributed by atoms with van der Waals surface area (Å²) in [4.78, 5) is 2.45. The van der Waals surface area contributed by atoms with E-state index in [9.17, 15) is 0 Å². The number of nitrogens with one attached hydrogen (secondary N) is 2. The van der Waals surface area contributed by atoms with Gasteiger partial charge in [-0.05, 0) is 71.5 Å². The van der Waals surface area contributed by atoms with Crippen LogP contribution in [0.4, 0.5) is 11.4 Å². The van der Waals surface area contributed by atoms with E-state index >= 15 is 0 Å². The van der Waals surface area contributed by atoms with Gasteiger partial charge >= 0.3 is 0 Å². The molecule has 23 heavy (non-hydrogen) atoms. The molecule has 1 unspecified atom stereocenters. The zero-order valence-electron chi connectivity index (χ0n) is 13.2. The highest BCUT2D eigenvalue weighted by molar-refractivity contribution is 14.1. The van der Waals surface area contributed by atoms with E-state index in [4.69, 9.17) is 0 Å². The molecule has 0 amide bonds. The van der Waals surface area contributed by atoms with Gasteiger partial charge in [0, 0.05) is 34.9 Å². The van der Waals surface area contributed by atoms with E-state index in [1.165, 1.54) is 9.26 Å². The van der Waals surface area contributed by atoms with E-state index in [1.807, 2.05) is 18.3 Å². The Morgan fingerprint density at radius 3 is 2.61 bits per heavy atom. The number of anilines is 2. The Labute approximate surface area is 151 Å². The number of hydrazone groups is 1. The SMILES string of the molecule is CC1CNCCN1c1ccc(/C=N/Nc2ccc(I)cc2)cc1. The second-order valence-electron chi connectivity index (χ2n) is 5.71. The molecule has 2 aromatic carbocycles. The third-order valence-electron chi connectivity index (χ3n) is 3.98. The van der Waals surface area contributed by atoms with Gasteiger partial charge in [-0.3, -0.25) is 5.43 Å². The van der Waals surface area contributed by atoms with Gasteiger partial charge in [0.05, 0.1) is 11.9 Å². The number of benzene rings is 2. The van der Waals surface area contributed by atoms with Gasteiger partial charge < -0.3 is 10.2 Å². The van der Waals surface area contributed by atoms with Crippen molar-refractivity contribution in [1.29, 1.82) is 0 Å². The van der Waals surface area contributed by atoms with Crippen LogP contribution in [0.25, 0.3) is 0 Å². The number of hydrogen-bond donors (Lipinski definition) is 2. The van der Waals surface area contributed by atoms with Crippen molar-refractivity contribution in [2.75, 3.05) is 30.0 Å². The highest BCUT2D eigenvalue weighted by Crippen LogP contribution is 2.18. The van der Waals surface area contributed by atoms with Crippen LogP contribution in [-0.2, 0) is 0 Å². The minimum absolute atomic E-state index is 0.533. The van der Waals surface area contributed by atoms with Crippen LogP contribution in [0.15, 0.2) is 53.6 Å². The van der Waals surface area contributed by atoms with Crippen LogP contribution in [0.3, 0.4) is 0 Å². The fourth-order valence-corrected chi connectivity index (χ4v) is 3.04. The minimum atomic E-state index is 0.533. The van der Waals surface area contributed by atoms with Crippen molar-refractivity contribution in [1.82, 2.24) is 5.32 Å². The van der Waals surface area contributed by atoms with Crippen LogP contribution in [-0.4, -0.2) is 31.9 Å². The molecule has 1 atom stereocenters. The number of nitrogens with zero attached hydrogens (tertiary/aromatic N) is 2. The normalized spacial score (nSPS) is 18.3. The van der Waals surface area contributed by atoms with E-state index in [2.05, 4.69) is 86.7 Å². The predicted molar refractivity (Wildman–Crippen MR) is 106 cm³/mol. The summed E-state index contributed by atoms with van der Waals surface area (Å²) in [6, 6.07) is 17.3. The van der Waals surface area contributed by atoms with Crippen molar-refractivity contribution >= 4 is 40.2 Å². The fourth-order valence-electron chi connectivity index (χ4n) is 2.68. The first-order chi connectivity index (χ1) is 11.2. The molecule has 0 aliphatic carbocycles. The second kappa shape index (κ2) is 7.79. The summed E-state index contributed by atoms with van der Waals surface area (Å²) in [5.74, 6) is 0. The van der Waals surface area contributed by atoms with Crippen molar-refractivity contribution in [2.24, 2.45) is 5.10 Å². The van der Waals surface area contributed by atoms with Crippen LogP contribution < -0.4 is 15.6 Å². The van der Waals surface area contributed by atoms with E-state index in [1.54, 1.807) is 0 Å². The third-order valence-corrected chi connectivity index (χ3v) is 4.70. The molecule has 1 aliphatic heterocycles. The Morgan fingerprint density at radius 1 is 1.17 bits per heavy atom. The van der Waals surface area contributed by atoms with Gasteiger partial charge in [-0.2, -0.15) is 5.10 Å². The second-order valence-corrected chi connectivity index (χ2v) is 6.96. The van der Waals surface area contributed by atoms with Crippen molar-refractivity contribution in [3.8, 4) is 0 Å². The molecule has 0 saturated carbocycles. The highest BCUT2D eigenvalue weighted by atomic mass is 127. The van der Waals surface area contributed by atoms with Crippen LogP contribution >= 0.6 is 22.6 Å². The Bertz CT molecular complexity index is 652. The molecule has 1 heterocycles. The number of piperazine rings is 1. The number of halogens is 1. The Balaban J connectivity index is 1.60. The zero-order valence-corrected chi connectivity index (χ0v) is 15.3. The van der Waals surface area contributed by atoms with Gasteiger partial charge in [-0.1, -0.05) is 12.1 Å². The molecule has 0 bridgehead atoms. The van der Waals surface area contributed by atoms with Crippen molar-refractivity contribution in [2.45, 2.75) is 13.0 Å². The summed E-state index contributed by atoms with van der Waals surface area (Å²) in [5.41, 5.74) is 6.42. The van der Waals surface area contributed by atoms with Crippen LogP contribution in [0.2, 0.25) is 0 Å². The summed E-state index contributed by atoms with van der Waals surface area (Å²) in [6.45, 7) is 5.41. The molecule has 2 N–H and O–H groups in total. The lowest BCUT2D eigenvalue weighted by atomic mass is 10.1. The van der Waals surface area contributed by atoms with Gasteiger partial charge in [0.15, 0.2) is 0 Å². The lowest BCUT2D eigenvalue weighted by Crippen LogP contribution is -2.49. The fraction of sp³-hybridized carbons (Fsp3) is 0.278. The number of hydrogen-bond acceptors (Lipinski definition) is 4.